The molecule has 2 aliphatic rings. The Balaban J connectivity index is 1.71. The van der Waals surface area contributed by atoms with E-state index in [-0.39, 0.29) is 36.5 Å². The molecule has 8 nitrogen and oxygen atoms in total. The maximum atomic E-state index is 13.8. The van der Waals surface area contributed by atoms with Gasteiger partial charge in [0.05, 0.1) is 13.2 Å². The van der Waals surface area contributed by atoms with Gasteiger partial charge in [0.1, 0.15) is 11.2 Å². The number of nitrogens with one attached hydrogen (secondary N) is 1. The van der Waals surface area contributed by atoms with Crippen molar-refractivity contribution in [2.24, 2.45) is 0 Å². The van der Waals surface area contributed by atoms with Gasteiger partial charge in [0.2, 0.25) is 5.91 Å². The summed E-state index contributed by atoms with van der Waals surface area (Å²) in [7, 11) is 0. The second kappa shape index (κ2) is 10.2. The highest BCUT2D eigenvalue weighted by molar-refractivity contribution is 6.31. The van der Waals surface area contributed by atoms with Gasteiger partial charge >= 0.3 is 5.97 Å². The Morgan fingerprint density at radius 1 is 1.18 bits per heavy atom. The van der Waals surface area contributed by atoms with Crippen LogP contribution >= 0.6 is 11.6 Å². The Bertz CT molecular complexity index is 1080. The third-order valence-corrected chi connectivity index (χ3v) is 6.87. The second-order valence-corrected chi connectivity index (χ2v) is 9.64. The van der Waals surface area contributed by atoms with Crippen LogP contribution in [0, 0.1) is 0 Å². The molecule has 1 aliphatic heterocycles. The highest BCUT2D eigenvalue weighted by Gasteiger charge is 2.49. The molecule has 0 spiro atoms. The first-order chi connectivity index (χ1) is 16.3. The molecular weight excluding hydrogens is 456 g/mol. The van der Waals surface area contributed by atoms with Gasteiger partial charge in [-0.2, -0.15) is 5.10 Å². The lowest BCUT2D eigenvalue weighted by Gasteiger charge is -2.43. The number of hydrogen-bond acceptors (Lipinski definition) is 5. The summed E-state index contributed by atoms with van der Waals surface area (Å²) in [6, 6.07) is 8.37. The monoisotopic (exact) mass is 486 g/mol. The number of amides is 2. The van der Waals surface area contributed by atoms with Gasteiger partial charge in [-0.3, -0.25) is 19.2 Å². The number of halogens is 1. The van der Waals surface area contributed by atoms with Crippen LogP contribution in [0.1, 0.15) is 79.8 Å². The van der Waals surface area contributed by atoms with Gasteiger partial charge in [-0.1, -0.05) is 49.8 Å². The number of carbonyl (C=O) groups excluding carboxylic acids is 3. The summed E-state index contributed by atoms with van der Waals surface area (Å²) in [5, 5.41) is 7.98. The number of fused-ring (bicyclic) bond motifs is 1. The predicted molar refractivity (Wildman–Crippen MR) is 129 cm³/mol. The highest BCUT2D eigenvalue weighted by atomic mass is 35.5. The van der Waals surface area contributed by atoms with Crippen molar-refractivity contribution in [3.05, 3.63) is 46.7 Å². The molecule has 1 aromatic heterocycles. The first kappa shape index (κ1) is 24.3. The molecule has 4 rings (SSSR count). The van der Waals surface area contributed by atoms with Crippen LogP contribution in [-0.4, -0.2) is 45.8 Å². The zero-order valence-electron chi connectivity index (χ0n) is 19.7. The second-order valence-electron chi connectivity index (χ2n) is 9.20. The van der Waals surface area contributed by atoms with E-state index in [0.29, 0.717) is 10.7 Å². The van der Waals surface area contributed by atoms with Gasteiger partial charge in [-0.25, -0.2) is 4.79 Å². The van der Waals surface area contributed by atoms with Crippen molar-refractivity contribution in [1.29, 1.82) is 0 Å². The molecule has 1 fully saturated rings. The van der Waals surface area contributed by atoms with Crippen molar-refractivity contribution in [2.45, 2.75) is 76.9 Å². The number of esters is 1. The van der Waals surface area contributed by atoms with E-state index in [1.807, 2.05) is 0 Å². The fourth-order valence-electron chi connectivity index (χ4n) is 4.85. The molecule has 182 valence electrons. The molecule has 1 N–H and O–H groups in total. The molecule has 2 heterocycles. The Morgan fingerprint density at radius 3 is 2.56 bits per heavy atom. The van der Waals surface area contributed by atoms with E-state index in [9.17, 15) is 14.4 Å². The predicted octanol–water partition coefficient (Wildman–Crippen LogP) is 4.36. The molecule has 1 unspecified atom stereocenters. The van der Waals surface area contributed by atoms with Crippen LogP contribution in [0.4, 0.5) is 5.69 Å². The third-order valence-electron chi connectivity index (χ3n) is 6.63. The van der Waals surface area contributed by atoms with Gasteiger partial charge in [-0.15, -0.1) is 0 Å². The van der Waals surface area contributed by atoms with E-state index in [0.717, 1.165) is 25.7 Å². The third kappa shape index (κ3) is 4.82. The molecular formula is C25H31ClN4O4. The zero-order chi connectivity index (χ0) is 24.3. The first-order valence-corrected chi connectivity index (χ1v) is 12.4. The lowest BCUT2D eigenvalue weighted by Crippen LogP contribution is -2.65. The Hall–Kier alpha value is -2.87. The van der Waals surface area contributed by atoms with Gasteiger partial charge < -0.3 is 10.1 Å². The minimum atomic E-state index is -1.27. The topological polar surface area (TPSA) is 93.5 Å². The highest BCUT2D eigenvalue weighted by Crippen LogP contribution is 2.34. The summed E-state index contributed by atoms with van der Waals surface area (Å²) in [6.07, 6.45) is 7.57. The van der Waals surface area contributed by atoms with Gasteiger partial charge in [0, 0.05) is 22.8 Å². The molecule has 2 amide bonds. The van der Waals surface area contributed by atoms with Crippen molar-refractivity contribution < 1.29 is 19.1 Å². The lowest BCUT2D eigenvalue weighted by molar-refractivity contribution is -0.127. The van der Waals surface area contributed by atoms with Crippen LogP contribution in [0.3, 0.4) is 0 Å². The molecule has 2 aromatic rings. The Morgan fingerprint density at radius 2 is 1.88 bits per heavy atom. The lowest BCUT2D eigenvalue weighted by atomic mass is 9.91. The SMILES string of the molecule is CCOC(=O)c1cc2n(n1)CC(C)(C(=O)NC1CCCCCCC1)N(c1cccc(Cl)c1)C2=O. The molecule has 1 saturated carbocycles. The van der Waals surface area contributed by atoms with Gasteiger partial charge in [0.25, 0.3) is 5.91 Å². The van der Waals surface area contributed by atoms with Crippen LogP contribution in [0.15, 0.2) is 30.3 Å². The maximum absolute atomic E-state index is 13.8. The minimum absolute atomic E-state index is 0.0425. The van der Waals surface area contributed by atoms with E-state index in [1.54, 1.807) is 38.1 Å². The van der Waals surface area contributed by atoms with Crippen molar-refractivity contribution in [2.75, 3.05) is 11.5 Å². The van der Waals surface area contributed by atoms with E-state index in [2.05, 4.69) is 10.4 Å². The van der Waals surface area contributed by atoms with E-state index < -0.39 is 17.4 Å². The summed E-state index contributed by atoms with van der Waals surface area (Å²) in [6.45, 7) is 3.74. The molecule has 1 aliphatic carbocycles. The molecule has 0 saturated heterocycles. The largest absolute Gasteiger partial charge is 0.461 e. The average Bonchev–Trinajstić information content (AvgIpc) is 3.20. The molecule has 0 bridgehead atoms. The number of carbonyl (C=O) groups is 3. The summed E-state index contributed by atoms with van der Waals surface area (Å²) < 4.78 is 6.49. The van der Waals surface area contributed by atoms with Crippen molar-refractivity contribution in [3.8, 4) is 0 Å². The Labute approximate surface area is 204 Å². The number of hydrogen-bond donors (Lipinski definition) is 1. The van der Waals surface area contributed by atoms with Gasteiger partial charge in [0.15, 0.2) is 5.69 Å². The van der Waals surface area contributed by atoms with E-state index in [1.165, 1.54) is 34.9 Å². The van der Waals surface area contributed by atoms with Crippen LogP contribution in [0.2, 0.25) is 5.02 Å². The van der Waals surface area contributed by atoms with Crippen molar-refractivity contribution in [3.63, 3.8) is 0 Å². The number of anilines is 1. The number of benzene rings is 1. The molecule has 34 heavy (non-hydrogen) atoms. The van der Waals surface area contributed by atoms with Crippen LogP contribution in [0.5, 0.6) is 0 Å². The summed E-state index contributed by atoms with van der Waals surface area (Å²) in [4.78, 5) is 41.2. The minimum Gasteiger partial charge on any atom is -0.461 e. The standard InChI is InChI=1S/C25H31ClN4O4/c1-3-34-23(32)20-15-21-22(31)30(19-13-9-10-17(26)14-19)25(2,16-29(21)28-20)24(33)27-18-11-7-5-4-6-8-12-18/h9-10,13-15,18H,3-8,11-12,16H2,1-2H3,(H,27,33). The van der Waals surface area contributed by atoms with Crippen LogP contribution < -0.4 is 10.2 Å². The summed E-state index contributed by atoms with van der Waals surface area (Å²) in [5.74, 6) is -1.27. The molecule has 1 aromatic carbocycles. The Kier molecular flexibility index (Phi) is 7.26. The van der Waals surface area contributed by atoms with Crippen molar-refractivity contribution in [1.82, 2.24) is 15.1 Å². The quantitative estimate of drug-likeness (QED) is 0.634. The number of ether oxygens (including phenoxy) is 1. The smallest absolute Gasteiger partial charge is 0.358 e. The first-order valence-electron chi connectivity index (χ1n) is 12.0. The van der Waals surface area contributed by atoms with E-state index in [4.69, 9.17) is 16.3 Å². The zero-order valence-corrected chi connectivity index (χ0v) is 20.4. The summed E-state index contributed by atoms with van der Waals surface area (Å²) in [5.41, 5.74) is -0.493. The number of rotatable bonds is 5. The van der Waals surface area contributed by atoms with E-state index >= 15 is 0 Å². The van der Waals surface area contributed by atoms with Crippen LogP contribution in [0.25, 0.3) is 0 Å². The average molecular weight is 487 g/mol. The normalized spacial score (nSPS) is 21.4. The molecule has 9 heteroatoms. The fraction of sp³-hybridized carbons (Fsp3) is 0.520. The number of aromatic nitrogens is 2. The van der Waals surface area contributed by atoms with Crippen LogP contribution in [-0.2, 0) is 16.1 Å². The fourth-order valence-corrected chi connectivity index (χ4v) is 5.03. The maximum Gasteiger partial charge on any atom is 0.358 e. The van der Waals surface area contributed by atoms with Gasteiger partial charge in [-0.05, 0) is 44.9 Å². The van der Waals surface area contributed by atoms with Crippen molar-refractivity contribution >= 4 is 35.1 Å². The molecule has 1 atom stereocenters. The number of nitrogens with zero attached hydrogens (tertiary/aromatic N) is 3. The molecule has 0 radical (unpaired) electrons. The summed E-state index contributed by atoms with van der Waals surface area (Å²) >= 11 is 6.24.